The smallest absolute Gasteiger partial charge is 0.279 e. The van der Waals surface area contributed by atoms with Crippen molar-refractivity contribution in [2.24, 2.45) is 0 Å². The highest BCUT2D eigenvalue weighted by atomic mass is 16.5. The minimum atomic E-state index is -0.787. The van der Waals surface area contributed by atoms with Crippen molar-refractivity contribution < 1.29 is 19.1 Å². The summed E-state index contributed by atoms with van der Waals surface area (Å²) in [7, 11) is 0. The highest BCUT2D eigenvalue weighted by molar-refractivity contribution is 5.98. The molecule has 0 fully saturated rings. The average molecular weight is 418 g/mol. The predicted molar refractivity (Wildman–Crippen MR) is 119 cm³/mol. The minimum absolute atomic E-state index is 0.321. The Morgan fingerprint density at radius 1 is 0.839 bits per heavy atom. The second kappa shape index (κ2) is 10.3. The van der Waals surface area contributed by atoms with Gasteiger partial charge in [0.25, 0.3) is 11.8 Å². The Hall–Kier alpha value is -3.80. The minimum Gasteiger partial charge on any atom is -0.488 e. The van der Waals surface area contributed by atoms with E-state index in [1.54, 1.807) is 31.2 Å². The average Bonchev–Trinajstić information content (AvgIpc) is 2.79. The van der Waals surface area contributed by atoms with Crippen LogP contribution >= 0.6 is 0 Å². The number of rotatable bonds is 7. The van der Waals surface area contributed by atoms with Gasteiger partial charge in [0.2, 0.25) is 0 Å². The topological polar surface area (TPSA) is 76.7 Å². The van der Waals surface area contributed by atoms with Gasteiger partial charge in [0.05, 0.1) is 5.56 Å². The van der Waals surface area contributed by atoms with Gasteiger partial charge in [-0.25, -0.2) is 0 Å². The van der Waals surface area contributed by atoms with Gasteiger partial charge in [0, 0.05) is 0 Å². The molecule has 0 saturated heterocycles. The highest BCUT2D eigenvalue weighted by Crippen LogP contribution is 2.23. The molecule has 3 aromatic rings. The Morgan fingerprint density at radius 3 is 2.19 bits per heavy atom. The van der Waals surface area contributed by atoms with Crippen LogP contribution in [0.4, 0.5) is 0 Å². The largest absolute Gasteiger partial charge is 0.488 e. The van der Waals surface area contributed by atoms with Crippen LogP contribution in [0.1, 0.15) is 34.0 Å². The number of carbonyl (C=O) groups is 2. The lowest BCUT2D eigenvalue weighted by molar-refractivity contribution is -0.128. The fourth-order valence-electron chi connectivity index (χ4n) is 3.02. The molecule has 160 valence electrons. The Balaban J connectivity index is 1.58. The van der Waals surface area contributed by atoms with Gasteiger partial charge in [-0.05, 0) is 49.6 Å². The number of hydrazine groups is 1. The maximum absolute atomic E-state index is 12.6. The first kappa shape index (κ1) is 21.9. The number of amides is 2. The van der Waals surface area contributed by atoms with E-state index in [9.17, 15) is 9.59 Å². The molecule has 0 heterocycles. The summed E-state index contributed by atoms with van der Waals surface area (Å²) in [6.45, 7) is 5.80. The Labute approximate surface area is 182 Å². The molecule has 2 N–H and O–H groups in total. The molecule has 31 heavy (non-hydrogen) atoms. The van der Waals surface area contributed by atoms with Crippen LogP contribution in [0.5, 0.6) is 11.5 Å². The van der Waals surface area contributed by atoms with Crippen LogP contribution < -0.4 is 20.3 Å². The van der Waals surface area contributed by atoms with E-state index in [1.165, 1.54) is 0 Å². The molecule has 0 radical (unpaired) electrons. The maximum atomic E-state index is 12.6. The van der Waals surface area contributed by atoms with Crippen LogP contribution in [0.2, 0.25) is 0 Å². The lowest BCUT2D eigenvalue weighted by atomic mass is 10.1. The van der Waals surface area contributed by atoms with Gasteiger partial charge in [0.1, 0.15) is 18.1 Å². The summed E-state index contributed by atoms with van der Waals surface area (Å²) >= 11 is 0. The van der Waals surface area contributed by atoms with E-state index in [2.05, 4.69) is 10.9 Å². The Morgan fingerprint density at radius 2 is 1.48 bits per heavy atom. The van der Waals surface area contributed by atoms with Gasteiger partial charge in [-0.1, -0.05) is 60.7 Å². The van der Waals surface area contributed by atoms with Crippen LogP contribution in [-0.2, 0) is 11.4 Å². The third kappa shape index (κ3) is 5.85. The number of hydrogen-bond donors (Lipinski definition) is 2. The monoisotopic (exact) mass is 418 g/mol. The van der Waals surface area contributed by atoms with E-state index in [1.807, 2.05) is 62.4 Å². The molecule has 6 nitrogen and oxygen atoms in total. The zero-order chi connectivity index (χ0) is 22.2. The number of ether oxygens (including phenoxy) is 2. The second-order valence-electron chi connectivity index (χ2n) is 7.19. The quantitative estimate of drug-likeness (QED) is 0.566. The summed E-state index contributed by atoms with van der Waals surface area (Å²) in [5.74, 6) is 0.157. The number of hydrogen-bond acceptors (Lipinski definition) is 4. The molecule has 0 aliphatic rings. The van der Waals surface area contributed by atoms with Crippen molar-refractivity contribution in [2.45, 2.75) is 33.5 Å². The summed E-state index contributed by atoms with van der Waals surface area (Å²) in [4.78, 5) is 25.0. The number of para-hydroxylation sites is 2. The second-order valence-corrected chi connectivity index (χ2v) is 7.19. The molecule has 1 unspecified atom stereocenters. The van der Waals surface area contributed by atoms with E-state index in [4.69, 9.17) is 9.47 Å². The van der Waals surface area contributed by atoms with Gasteiger partial charge in [-0.15, -0.1) is 0 Å². The molecule has 3 aromatic carbocycles. The first-order chi connectivity index (χ1) is 15.0. The van der Waals surface area contributed by atoms with Gasteiger partial charge < -0.3 is 9.47 Å². The first-order valence-corrected chi connectivity index (χ1v) is 10.0. The normalized spacial score (nSPS) is 11.3. The number of benzene rings is 3. The SMILES string of the molecule is Cc1cccc(C)c1OC(C)C(=O)NNC(=O)c1ccccc1OCc1ccccc1. The van der Waals surface area contributed by atoms with E-state index < -0.39 is 17.9 Å². The third-order valence-electron chi connectivity index (χ3n) is 4.74. The fraction of sp³-hybridized carbons (Fsp3) is 0.200. The molecule has 0 saturated carbocycles. The van der Waals surface area contributed by atoms with Crippen molar-refractivity contribution in [1.29, 1.82) is 0 Å². The molecular weight excluding hydrogens is 392 g/mol. The summed E-state index contributed by atoms with van der Waals surface area (Å²) in [6, 6.07) is 22.3. The third-order valence-corrected chi connectivity index (χ3v) is 4.74. The standard InChI is InChI=1S/C25H26N2O4/c1-17-10-9-11-18(2)23(17)31-19(3)24(28)26-27-25(29)21-14-7-8-15-22(21)30-16-20-12-5-4-6-13-20/h4-15,19H,16H2,1-3H3,(H,26,28)(H,27,29). The van der Waals surface area contributed by atoms with Crippen molar-refractivity contribution in [1.82, 2.24) is 10.9 Å². The van der Waals surface area contributed by atoms with Crippen molar-refractivity contribution in [2.75, 3.05) is 0 Å². The molecule has 2 amide bonds. The molecule has 0 aliphatic heterocycles. The number of carbonyl (C=O) groups excluding carboxylic acids is 2. The molecular formula is C25H26N2O4. The van der Waals surface area contributed by atoms with Crippen LogP contribution in [0.25, 0.3) is 0 Å². The van der Waals surface area contributed by atoms with Gasteiger partial charge in [-0.3, -0.25) is 20.4 Å². The van der Waals surface area contributed by atoms with Crippen molar-refractivity contribution in [3.8, 4) is 11.5 Å². The van der Waals surface area contributed by atoms with Crippen LogP contribution in [-0.4, -0.2) is 17.9 Å². The molecule has 0 spiro atoms. The molecule has 0 aliphatic carbocycles. The van der Waals surface area contributed by atoms with Gasteiger partial charge in [-0.2, -0.15) is 0 Å². The van der Waals surface area contributed by atoms with E-state index in [0.29, 0.717) is 23.7 Å². The Bertz CT molecular complexity index is 1030. The van der Waals surface area contributed by atoms with Crippen molar-refractivity contribution in [3.63, 3.8) is 0 Å². The maximum Gasteiger partial charge on any atom is 0.279 e. The molecule has 6 heteroatoms. The molecule has 1 atom stereocenters. The lowest BCUT2D eigenvalue weighted by Crippen LogP contribution is -2.47. The van der Waals surface area contributed by atoms with Crippen LogP contribution in [0.3, 0.4) is 0 Å². The Kier molecular flexibility index (Phi) is 7.27. The van der Waals surface area contributed by atoms with E-state index in [0.717, 1.165) is 16.7 Å². The van der Waals surface area contributed by atoms with Gasteiger partial charge in [0.15, 0.2) is 6.10 Å². The lowest BCUT2D eigenvalue weighted by Gasteiger charge is -2.18. The summed E-state index contributed by atoms with van der Waals surface area (Å²) in [5, 5.41) is 0. The molecule has 0 aromatic heterocycles. The van der Waals surface area contributed by atoms with Crippen molar-refractivity contribution in [3.05, 3.63) is 95.1 Å². The fourth-order valence-corrected chi connectivity index (χ4v) is 3.02. The van der Waals surface area contributed by atoms with Crippen LogP contribution in [0, 0.1) is 13.8 Å². The first-order valence-electron chi connectivity index (χ1n) is 10.0. The zero-order valence-electron chi connectivity index (χ0n) is 17.8. The summed E-state index contributed by atoms with van der Waals surface area (Å²) < 4.78 is 11.6. The van der Waals surface area contributed by atoms with Crippen molar-refractivity contribution >= 4 is 11.8 Å². The summed E-state index contributed by atoms with van der Waals surface area (Å²) in [6.07, 6.45) is -0.787. The summed E-state index contributed by atoms with van der Waals surface area (Å²) in [5.41, 5.74) is 8.04. The van der Waals surface area contributed by atoms with Gasteiger partial charge >= 0.3 is 0 Å². The zero-order valence-corrected chi connectivity index (χ0v) is 17.8. The highest BCUT2D eigenvalue weighted by Gasteiger charge is 2.19. The number of nitrogens with one attached hydrogen (secondary N) is 2. The number of aryl methyl sites for hydroxylation is 2. The van der Waals surface area contributed by atoms with E-state index >= 15 is 0 Å². The molecule has 3 rings (SSSR count). The van der Waals surface area contributed by atoms with E-state index in [-0.39, 0.29) is 0 Å². The predicted octanol–water partition coefficient (Wildman–Crippen LogP) is 4.11. The van der Waals surface area contributed by atoms with Crippen LogP contribution in [0.15, 0.2) is 72.8 Å². The molecule has 0 bridgehead atoms.